The number of fused-ring (bicyclic) bond motifs is 1. The van der Waals surface area contributed by atoms with Crippen LogP contribution in [0.1, 0.15) is 32.6 Å². The molecule has 32 heavy (non-hydrogen) atoms. The van der Waals surface area contributed by atoms with Gasteiger partial charge in [-0.15, -0.1) is 0 Å². The number of aryl methyl sites for hydroxylation is 2. The standard InChI is InChI=1S/C27H26N2O2S/c1-18-7-9-20(10-8-18)13-14-28-26(30)22-11-12-24-23(17-22)29(3)27(31)25(32-24)16-21-6-4-5-19(2)15-21/h4-12,15-17H,13-14H2,1-3H3,(H,28,30). The maximum absolute atomic E-state index is 12.9. The van der Waals surface area contributed by atoms with Crippen molar-refractivity contribution in [1.29, 1.82) is 0 Å². The monoisotopic (exact) mass is 442 g/mol. The van der Waals surface area contributed by atoms with Crippen LogP contribution in [0.4, 0.5) is 5.69 Å². The Bertz CT molecular complexity index is 1200. The molecule has 4 rings (SSSR count). The molecule has 0 saturated heterocycles. The number of nitrogens with one attached hydrogen (secondary N) is 1. The normalized spacial score (nSPS) is 14.4. The molecule has 0 aliphatic carbocycles. The predicted octanol–water partition coefficient (Wildman–Crippen LogP) is 5.39. The molecule has 162 valence electrons. The zero-order chi connectivity index (χ0) is 22.7. The lowest BCUT2D eigenvalue weighted by molar-refractivity contribution is -0.114. The van der Waals surface area contributed by atoms with E-state index in [1.807, 2.05) is 43.3 Å². The first-order chi connectivity index (χ1) is 15.4. The van der Waals surface area contributed by atoms with Crippen molar-refractivity contribution in [2.24, 2.45) is 0 Å². The Balaban J connectivity index is 1.46. The van der Waals surface area contributed by atoms with Gasteiger partial charge in [-0.2, -0.15) is 0 Å². The highest BCUT2D eigenvalue weighted by Gasteiger charge is 2.27. The van der Waals surface area contributed by atoms with Gasteiger partial charge in [0, 0.05) is 24.1 Å². The third-order valence-corrected chi connectivity index (χ3v) is 6.56. The molecule has 5 heteroatoms. The second-order valence-corrected chi connectivity index (χ2v) is 9.15. The highest BCUT2D eigenvalue weighted by Crippen LogP contribution is 2.42. The van der Waals surface area contributed by atoms with Gasteiger partial charge in [-0.1, -0.05) is 71.4 Å². The Morgan fingerprint density at radius 1 is 1.00 bits per heavy atom. The van der Waals surface area contributed by atoms with Crippen LogP contribution in [-0.2, 0) is 11.2 Å². The number of carbonyl (C=O) groups excluding carboxylic acids is 2. The summed E-state index contributed by atoms with van der Waals surface area (Å²) >= 11 is 1.44. The summed E-state index contributed by atoms with van der Waals surface area (Å²) in [4.78, 5) is 28.9. The van der Waals surface area contributed by atoms with E-state index in [1.165, 1.54) is 22.9 Å². The molecule has 2 amide bonds. The molecule has 3 aromatic carbocycles. The van der Waals surface area contributed by atoms with Crippen LogP contribution in [0.2, 0.25) is 0 Å². The van der Waals surface area contributed by atoms with E-state index >= 15 is 0 Å². The van der Waals surface area contributed by atoms with E-state index in [9.17, 15) is 9.59 Å². The van der Waals surface area contributed by atoms with Crippen molar-refractivity contribution in [3.05, 3.63) is 99.5 Å². The van der Waals surface area contributed by atoms with Crippen LogP contribution in [0.15, 0.2) is 76.5 Å². The summed E-state index contributed by atoms with van der Waals surface area (Å²) < 4.78 is 0. The van der Waals surface area contributed by atoms with Crippen LogP contribution in [0.5, 0.6) is 0 Å². The summed E-state index contributed by atoms with van der Waals surface area (Å²) in [7, 11) is 1.75. The van der Waals surface area contributed by atoms with E-state index in [2.05, 4.69) is 42.6 Å². The molecule has 1 heterocycles. The fraction of sp³-hybridized carbons (Fsp3) is 0.185. The number of nitrogens with zero attached hydrogens (tertiary/aromatic N) is 1. The zero-order valence-electron chi connectivity index (χ0n) is 18.5. The molecule has 1 aliphatic rings. The maximum atomic E-state index is 12.9. The average Bonchev–Trinajstić information content (AvgIpc) is 2.78. The molecule has 1 aliphatic heterocycles. The van der Waals surface area contributed by atoms with Gasteiger partial charge in [0.1, 0.15) is 0 Å². The number of anilines is 1. The minimum atomic E-state index is -0.133. The molecule has 0 atom stereocenters. The van der Waals surface area contributed by atoms with Crippen molar-refractivity contribution in [3.63, 3.8) is 0 Å². The van der Waals surface area contributed by atoms with E-state index in [0.29, 0.717) is 17.0 Å². The van der Waals surface area contributed by atoms with Crippen LogP contribution < -0.4 is 10.2 Å². The highest BCUT2D eigenvalue weighted by molar-refractivity contribution is 8.04. The SMILES string of the molecule is Cc1ccc(CCNC(=O)c2ccc3c(c2)N(C)C(=O)C(=Cc2cccc(C)c2)S3)cc1. The van der Waals surface area contributed by atoms with Crippen LogP contribution in [0, 0.1) is 13.8 Å². The summed E-state index contributed by atoms with van der Waals surface area (Å²) in [5, 5.41) is 2.98. The van der Waals surface area contributed by atoms with Crippen molar-refractivity contribution in [2.45, 2.75) is 25.2 Å². The number of rotatable bonds is 5. The molecule has 1 N–H and O–H groups in total. The number of benzene rings is 3. The van der Waals surface area contributed by atoms with Crippen LogP contribution in [0.3, 0.4) is 0 Å². The average molecular weight is 443 g/mol. The maximum Gasteiger partial charge on any atom is 0.264 e. The van der Waals surface area contributed by atoms with Crippen molar-refractivity contribution in [3.8, 4) is 0 Å². The summed E-state index contributed by atoms with van der Waals surface area (Å²) in [5.74, 6) is -0.201. The van der Waals surface area contributed by atoms with E-state index < -0.39 is 0 Å². The number of hydrogen-bond acceptors (Lipinski definition) is 3. The number of carbonyl (C=O) groups is 2. The largest absolute Gasteiger partial charge is 0.352 e. The van der Waals surface area contributed by atoms with E-state index in [0.717, 1.165) is 28.1 Å². The molecule has 0 unspecified atom stereocenters. The first-order valence-corrected chi connectivity index (χ1v) is 11.4. The van der Waals surface area contributed by atoms with Crippen LogP contribution in [-0.4, -0.2) is 25.4 Å². The summed E-state index contributed by atoms with van der Waals surface area (Å²) in [6.07, 6.45) is 2.70. The quantitative estimate of drug-likeness (QED) is 0.539. The molecular formula is C27H26N2O2S. The third-order valence-electron chi connectivity index (χ3n) is 5.48. The Hall–Kier alpha value is -3.31. The first-order valence-electron chi connectivity index (χ1n) is 10.6. The van der Waals surface area contributed by atoms with Gasteiger partial charge in [-0.3, -0.25) is 9.59 Å². The zero-order valence-corrected chi connectivity index (χ0v) is 19.3. The van der Waals surface area contributed by atoms with Crippen molar-refractivity contribution in [1.82, 2.24) is 5.32 Å². The Labute approximate surface area is 193 Å². The van der Waals surface area contributed by atoms with Crippen LogP contribution in [0.25, 0.3) is 6.08 Å². The molecule has 0 spiro atoms. The minimum absolute atomic E-state index is 0.0686. The lowest BCUT2D eigenvalue weighted by Gasteiger charge is -2.27. The summed E-state index contributed by atoms with van der Waals surface area (Å²) in [5.41, 5.74) is 5.88. The summed E-state index contributed by atoms with van der Waals surface area (Å²) in [6, 6.07) is 21.9. The molecule has 4 nitrogen and oxygen atoms in total. The molecule has 0 aromatic heterocycles. The number of hydrogen-bond donors (Lipinski definition) is 1. The second kappa shape index (κ2) is 9.45. The van der Waals surface area contributed by atoms with Gasteiger partial charge in [0.15, 0.2) is 0 Å². The number of thioether (sulfide) groups is 1. The van der Waals surface area contributed by atoms with Gasteiger partial charge in [-0.25, -0.2) is 0 Å². The van der Waals surface area contributed by atoms with Gasteiger partial charge in [0.2, 0.25) is 0 Å². The number of amides is 2. The molecule has 0 saturated carbocycles. The Morgan fingerprint density at radius 3 is 2.53 bits per heavy atom. The van der Waals surface area contributed by atoms with Crippen molar-refractivity contribution >= 4 is 35.3 Å². The highest BCUT2D eigenvalue weighted by atomic mass is 32.2. The summed E-state index contributed by atoms with van der Waals surface area (Å²) in [6.45, 7) is 4.65. The van der Waals surface area contributed by atoms with E-state index in [4.69, 9.17) is 0 Å². The second-order valence-electron chi connectivity index (χ2n) is 8.06. The lowest BCUT2D eigenvalue weighted by atomic mass is 10.1. The van der Waals surface area contributed by atoms with Crippen LogP contribution >= 0.6 is 11.8 Å². The molecule has 3 aromatic rings. The molecular weight excluding hydrogens is 416 g/mol. The minimum Gasteiger partial charge on any atom is -0.352 e. The van der Waals surface area contributed by atoms with Gasteiger partial charge in [0.25, 0.3) is 11.8 Å². The molecule has 0 radical (unpaired) electrons. The van der Waals surface area contributed by atoms with Gasteiger partial charge < -0.3 is 10.2 Å². The Kier molecular flexibility index (Phi) is 6.47. The Morgan fingerprint density at radius 2 is 1.78 bits per heavy atom. The van der Waals surface area contributed by atoms with Crippen molar-refractivity contribution < 1.29 is 9.59 Å². The molecule has 0 fully saturated rings. The fourth-order valence-electron chi connectivity index (χ4n) is 3.62. The molecule has 0 bridgehead atoms. The number of likely N-dealkylation sites (N-methyl/N-ethyl adjacent to an activating group) is 1. The first kappa shape index (κ1) is 21.9. The fourth-order valence-corrected chi connectivity index (χ4v) is 4.72. The predicted molar refractivity (Wildman–Crippen MR) is 132 cm³/mol. The van der Waals surface area contributed by atoms with Gasteiger partial charge in [-0.05, 0) is 55.7 Å². The smallest absolute Gasteiger partial charge is 0.264 e. The van der Waals surface area contributed by atoms with Gasteiger partial charge >= 0.3 is 0 Å². The third kappa shape index (κ3) is 4.94. The van der Waals surface area contributed by atoms with E-state index in [-0.39, 0.29) is 11.8 Å². The topological polar surface area (TPSA) is 49.4 Å². The van der Waals surface area contributed by atoms with Crippen molar-refractivity contribution in [2.75, 3.05) is 18.5 Å². The lowest BCUT2D eigenvalue weighted by Crippen LogP contribution is -2.31. The van der Waals surface area contributed by atoms with Gasteiger partial charge in [0.05, 0.1) is 10.6 Å². The van der Waals surface area contributed by atoms with E-state index in [1.54, 1.807) is 18.0 Å².